The van der Waals surface area contributed by atoms with Gasteiger partial charge in [0.25, 0.3) is 0 Å². The number of amides is 1. The van der Waals surface area contributed by atoms with Crippen molar-refractivity contribution in [3.8, 4) is 0 Å². The van der Waals surface area contributed by atoms with Crippen LogP contribution in [0.1, 0.15) is 258 Å². The van der Waals surface area contributed by atoms with E-state index < -0.39 is 12.1 Å². The number of carbonyl (C=O) groups excluding carboxylic acids is 1. The average molecular weight is 784 g/mol. The average Bonchev–Trinajstić information content (AvgIpc) is 3.20. The minimum absolute atomic E-state index is 0.0730. The fraction of sp³-hybridized carbons (Fsp3) is 0.827. The highest BCUT2D eigenvalue weighted by Gasteiger charge is 2.17. The minimum Gasteiger partial charge on any atom is -0.394 e. The molecule has 4 nitrogen and oxygen atoms in total. The van der Waals surface area contributed by atoms with Gasteiger partial charge in [0.15, 0.2) is 0 Å². The molecule has 0 aliphatic carbocycles. The Morgan fingerprint density at radius 1 is 0.429 bits per heavy atom. The smallest absolute Gasteiger partial charge is 0.220 e. The molecular formula is C52H97NO3. The first kappa shape index (κ1) is 54.3. The lowest BCUT2D eigenvalue weighted by Gasteiger charge is -2.19. The van der Waals surface area contributed by atoms with Crippen LogP contribution in [0, 0.1) is 0 Å². The van der Waals surface area contributed by atoms with Crippen LogP contribution in [-0.2, 0) is 4.79 Å². The van der Waals surface area contributed by atoms with Crippen molar-refractivity contribution in [3.63, 3.8) is 0 Å². The minimum atomic E-state index is -0.859. The zero-order chi connectivity index (χ0) is 40.7. The highest BCUT2D eigenvalue weighted by Crippen LogP contribution is 2.16. The topological polar surface area (TPSA) is 69.6 Å². The number of rotatable bonds is 45. The molecule has 3 N–H and O–H groups in total. The first-order valence-electron chi connectivity index (χ1n) is 24.9. The Hall–Kier alpha value is -1.65. The summed E-state index contributed by atoms with van der Waals surface area (Å²) in [6.45, 7) is 4.27. The summed E-state index contributed by atoms with van der Waals surface area (Å²) in [4.78, 5) is 12.4. The van der Waals surface area contributed by atoms with Crippen molar-refractivity contribution in [2.45, 2.75) is 270 Å². The number of aliphatic hydroxyl groups excluding tert-OH is 2. The molecule has 0 bridgehead atoms. The van der Waals surface area contributed by atoms with Crippen LogP contribution in [0.4, 0.5) is 0 Å². The number of hydrogen-bond donors (Lipinski definition) is 3. The van der Waals surface area contributed by atoms with Gasteiger partial charge in [-0.15, -0.1) is 0 Å². The molecular weight excluding hydrogens is 687 g/mol. The van der Waals surface area contributed by atoms with Crippen molar-refractivity contribution in [3.05, 3.63) is 48.6 Å². The zero-order valence-electron chi connectivity index (χ0n) is 37.7. The quantitative estimate of drug-likeness (QED) is 0.0425. The summed E-state index contributed by atoms with van der Waals surface area (Å²) in [6.07, 6.45) is 65.5. The lowest BCUT2D eigenvalue weighted by molar-refractivity contribution is -0.123. The number of nitrogens with one attached hydrogen (secondary N) is 1. The highest BCUT2D eigenvalue weighted by molar-refractivity contribution is 5.76. The second-order valence-electron chi connectivity index (χ2n) is 16.9. The summed E-state index contributed by atoms with van der Waals surface area (Å²) in [5.74, 6) is -0.0730. The number of carbonyl (C=O) groups is 1. The lowest BCUT2D eigenvalue weighted by Crippen LogP contribution is -2.45. The third kappa shape index (κ3) is 43.5. The molecule has 2 atom stereocenters. The second-order valence-corrected chi connectivity index (χ2v) is 16.9. The summed E-state index contributed by atoms with van der Waals surface area (Å²) in [6, 6.07) is -0.636. The SMILES string of the molecule is CCCCCCC/C=C\C/C=C\CCCCCCCCCCCCCCCCCCCCCCCC(=O)NC(CO)C(O)/C=C/CC/C=C/CCCCCCC. The molecule has 2 unspecified atom stereocenters. The Morgan fingerprint density at radius 2 is 0.750 bits per heavy atom. The monoisotopic (exact) mass is 784 g/mol. The van der Waals surface area contributed by atoms with E-state index in [1.165, 1.54) is 199 Å². The summed E-state index contributed by atoms with van der Waals surface area (Å²) in [5, 5.41) is 22.9. The molecule has 0 radical (unpaired) electrons. The molecule has 4 heteroatoms. The van der Waals surface area contributed by atoms with Crippen molar-refractivity contribution in [1.29, 1.82) is 0 Å². The molecule has 0 heterocycles. The predicted octanol–water partition coefficient (Wildman–Crippen LogP) is 15.9. The van der Waals surface area contributed by atoms with Gasteiger partial charge in [-0.25, -0.2) is 0 Å². The third-order valence-corrected chi connectivity index (χ3v) is 11.3. The van der Waals surface area contributed by atoms with Crippen molar-refractivity contribution < 1.29 is 15.0 Å². The summed E-state index contributed by atoms with van der Waals surface area (Å²) in [7, 11) is 0. The predicted molar refractivity (Wildman–Crippen MR) is 248 cm³/mol. The number of hydrogen-bond acceptors (Lipinski definition) is 3. The van der Waals surface area contributed by atoms with Gasteiger partial charge in [-0.05, 0) is 64.2 Å². The lowest BCUT2D eigenvalue weighted by atomic mass is 10.0. The Labute approximate surface area is 350 Å². The van der Waals surface area contributed by atoms with Gasteiger partial charge in [-0.3, -0.25) is 4.79 Å². The molecule has 56 heavy (non-hydrogen) atoms. The fourth-order valence-electron chi connectivity index (χ4n) is 7.46. The Bertz CT molecular complexity index is 893. The molecule has 0 spiro atoms. The highest BCUT2D eigenvalue weighted by atomic mass is 16.3. The summed E-state index contributed by atoms with van der Waals surface area (Å²) in [5.41, 5.74) is 0. The van der Waals surface area contributed by atoms with Crippen LogP contribution in [0.5, 0.6) is 0 Å². The number of aliphatic hydroxyl groups is 2. The molecule has 0 fully saturated rings. The molecule has 328 valence electrons. The van der Waals surface area contributed by atoms with Gasteiger partial charge in [-0.1, -0.05) is 236 Å². The maximum absolute atomic E-state index is 12.4. The molecule has 0 aliphatic rings. The summed E-state index contributed by atoms with van der Waals surface area (Å²) >= 11 is 0. The normalized spacial score (nSPS) is 13.3. The maximum atomic E-state index is 12.4. The Balaban J connectivity index is 3.43. The number of allylic oxidation sites excluding steroid dienone is 7. The van der Waals surface area contributed by atoms with E-state index in [0.29, 0.717) is 6.42 Å². The van der Waals surface area contributed by atoms with Gasteiger partial charge in [0, 0.05) is 6.42 Å². The van der Waals surface area contributed by atoms with Crippen molar-refractivity contribution in [1.82, 2.24) is 5.32 Å². The first-order valence-corrected chi connectivity index (χ1v) is 24.9. The van der Waals surface area contributed by atoms with Crippen LogP contribution in [0.15, 0.2) is 48.6 Å². The molecule has 0 aromatic rings. The summed E-state index contributed by atoms with van der Waals surface area (Å²) < 4.78 is 0. The van der Waals surface area contributed by atoms with Crippen LogP contribution < -0.4 is 5.32 Å². The van der Waals surface area contributed by atoms with Crippen LogP contribution >= 0.6 is 0 Å². The largest absolute Gasteiger partial charge is 0.394 e. The van der Waals surface area contributed by atoms with Gasteiger partial charge in [0.05, 0.1) is 18.8 Å². The van der Waals surface area contributed by atoms with E-state index in [1.807, 2.05) is 6.08 Å². The van der Waals surface area contributed by atoms with E-state index in [-0.39, 0.29) is 12.5 Å². The van der Waals surface area contributed by atoms with E-state index in [2.05, 4.69) is 55.6 Å². The molecule has 1 amide bonds. The molecule has 0 aliphatic heterocycles. The fourth-order valence-corrected chi connectivity index (χ4v) is 7.46. The van der Waals surface area contributed by atoms with E-state index in [1.54, 1.807) is 6.08 Å². The van der Waals surface area contributed by atoms with Gasteiger partial charge >= 0.3 is 0 Å². The molecule has 0 aromatic carbocycles. The van der Waals surface area contributed by atoms with E-state index in [4.69, 9.17) is 0 Å². The van der Waals surface area contributed by atoms with Crippen LogP contribution in [0.25, 0.3) is 0 Å². The standard InChI is InChI=1S/C52H97NO3/c1-3-5-7-9-11-13-15-16-17-18-19-20-21-22-23-24-25-26-27-28-29-30-31-32-33-34-35-36-38-40-42-44-46-48-52(56)53-50(49-54)51(55)47-45-43-41-39-37-14-12-10-8-6-4-2/h15-16,18-19,37,39,45,47,50-51,54-55H,3-14,17,20-36,38,40-44,46,48-49H2,1-2H3,(H,53,56)/b16-15-,19-18-,39-37+,47-45+. The molecule has 0 saturated carbocycles. The van der Waals surface area contributed by atoms with Gasteiger partial charge < -0.3 is 15.5 Å². The molecule has 0 saturated heterocycles. The van der Waals surface area contributed by atoms with E-state index in [9.17, 15) is 15.0 Å². The zero-order valence-corrected chi connectivity index (χ0v) is 37.7. The van der Waals surface area contributed by atoms with Gasteiger partial charge in [0.1, 0.15) is 0 Å². The third-order valence-electron chi connectivity index (χ3n) is 11.3. The Kier molecular flexibility index (Phi) is 46.3. The van der Waals surface area contributed by atoms with Gasteiger partial charge in [-0.2, -0.15) is 0 Å². The Morgan fingerprint density at radius 3 is 1.14 bits per heavy atom. The van der Waals surface area contributed by atoms with Gasteiger partial charge in [0.2, 0.25) is 5.91 Å². The maximum Gasteiger partial charge on any atom is 0.220 e. The van der Waals surface area contributed by atoms with Crippen LogP contribution in [0.2, 0.25) is 0 Å². The number of unbranched alkanes of at least 4 members (excludes halogenated alkanes) is 32. The second kappa shape index (κ2) is 47.7. The van der Waals surface area contributed by atoms with Crippen LogP contribution in [-0.4, -0.2) is 34.9 Å². The van der Waals surface area contributed by atoms with Crippen molar-refractivity contribution in [2.24, 2.45) is 0 Å². The van der Waals surface area contributed by atoms with E-state index in [0.717, 1.165) is 38.5 Å². The molecule has 0 aromatic heterocycles. The van der Waals surface area contributed by atoms with Crippen LogP contribution in [0.3, 0.4) is 0 Å². The van der Waals surface area contributed by atoms with Crippen molar-refractivity contribution in [2.75, 3.05) is 6.61 Å². The molecule has 0 rings (SSSR count). The van der Waals surface area contributed by atoms with E-state index >= 15 is 0 Å². The first-order chi connectivity index (χ1) is 27.7. The van der Waals surface area contributed by atoms with Crippen molar-refractivity contribution >= 4 is 5.91 Å².